The largest absolute Gasteiger partial charge is 0.469 e. The number of esters is 1. The van der Waals surface area contributed by atoms with Crippen LogP contribution in [0.25, 0.3) is 0 Å². The van der Waals surface area contributed by atoms with E-state index in [0.29, 0.717) is 0 Å². The number of phosphoric ester groups is 1. The highest BCUT2D eigenvalue weighted by molar-refractivity contribution is 7.46. The van der Waals surface area contributed by atoms with Crippen LogP contribution in [0.2, 0.25) is 0 Å². The van der Waals surface area contributed by atoms with Crippen molar-refractivity contribution in [2.24, 2.45) is 0 Å². The first-order valence-electron chi connectivity index (χ1n) is 13.6. The molecule has 0 radical (unpaired) electrons. The van der Waals surface area contributed by atoms with Gasteiger partial charge in [-0.25, -0.2) is 9.36 Å². The predicted octanol–water partition coefficient (Wildman–Crippen LogP) is 9.35. The molecule has 0 rings (SSSR count). The first kappa shape index (κ1) is 54.5. The Morgan fingerprint density at radius 1 is 0.579 bits per heavy atom. The van der Waals surface area contributed by atoms with Gasteiger partial charge in [0.2, 0.25) is 11.7 Å². The molecule has 34 heteroatoms. The van der Waals surface area contributed by atoms with Crippen LogP contribution in [0.3, 0.4) is 0 Å². The molecule has 0 saturated carbocycles. The van der Waals surface area contributed by atoms with Gasteiger partial charge in [-0.1, -0.05) is 6.58 Å². The predicted molar refractivity (Wildman–Crippen MR) is 128 cm³/mol. The molecule has 0 aromatic rings. The van der Waals surface area contributed by atoms with E-state index in [2.05, 4.69) is 15.8 Å². The van der Waals surface area contributed by atoms with E-state index in [9.17, 15) is 111 Å². The van der Waals surface area contributed by atoms with Crippen LogP contribution in [-0.4, -0.2) is 111 Å². The Morgan fingerprint density at radius 3 is 1.28 bits per heavy atom. The summed E-state index contributed by atoms with van der Waals surface area (Å²) in [4.78, 5) is 29.2. The number of aliphatic hydroxyl groups is 1. The van der Waals surface area contributed by atoms with E-state index in [1.807, 2.05) is 0 Å². The van der Waals surface area contributed by atoms with E-state index in [0.717, 1.165) is 0 Å². The highest BCUT2D eigenvalue weighted by Gasteiger charge is 2.95. The number of carbonyl (C=O) groups is 1. The van der Waals surface area contributed by atoms with Gasteiger partial charge in [0.05, 0.1) is 6.61 Å². The topological polar surface area (TPSA) is 113 Å². The van der Waals surface area contributed by atoms with Crippen LogP contribution in [0, 0.1) is 0 Å². The molecule has 3 N–H and O–H groups in total. The molecule has 7 nitrogen and oxygen atoms in total. The monoisotopic (exact) mass is 932 g/mol. The molecule has 0 aliphatic heterocycles. The minimum absolute atomic E-state index is 0.0381. The molecular formula is C23H19F26O7P. The summed E-state index contributed by atoms with van der Waals surface area (Å²) in [5.74, 6) is -90.3. The SMILES string of the molecule is C=C(C)C(=O)OC(C(F)(F)C(F)(F)C(F)(F)C(F)(F)C(F)(F)CCCCC(F)(F)F)C(O)(COP(=O)(O)O)C(F)(F)C(F)(F)C(F)(F)C(F)(F)C(F)(F)C(F)(F)F. The third-order valence-electron chi connectivity index (χ3n) is 7.13. The summed E-state index contributed by atoms with van der Waals surface area (Å²) >= 11 is 0. The molecule has 0 aliphatic rings. The smallest absolute Gasteiger partial charge is 0.449 e. The van der Waals surface area contributed by atoms with Crippen LogP contribution in [0.5, 0.6) is 0 Å². The zero-order valence-corrected chi connectivity index (χ0v) is 27.5. The van der Waals surface area contributed by atoms with E-state index in [1.165, 1.54) is 0 Å². The summed E-state index contributed by atoms with van der Waals surface area (Å²) in [5.41, 5.74) is -9.55. The van der Waals surface area contributed by atoms with Crippen LogP contribution >= 0.6 is 7.82 Å². The van der Waals surface area contributed by atoms with Gasteiger partial charge in [0, 0.05) is 18.4 Å². The summed E-state index contributed by atoms with van der Waals surface area (Å²) < 4.78 is 381. The minimum atomic E-state index is -9.31. The Labute approximate surface area is 297 Å². The fourth-order valence-corrected chi connectivity index (χ4v) is 4.23. The quantitative estimate of drug-likeness (QED) is 0.0367. The maximum Gasteiger partial charge on any atom is 0.469 e. The van der Waals surface area contributed by atoms with Gasteiger partial charge in [0.15, 0.2) is 0 Å². The van der Waals surface area contributed by atoms with Crippen molar-refractivity contribution in [1.29, 1.82) is 0 Å². The van der Waals surface area contributed by atoms with Crippen molar-refractivity contribution in [1.82, 2.24) is 0 Å². The zero-order valence-electron chi connectivity index (χ0n) is 26.6. The number of phosphoric acid groups is 1. The van der Waals surface area contributed by atoms with Crippen molar-refractivity contribution < 1.29 is 148 Å². The second-order valence-corrected chi connectivity index (χ2v) is 12.7. The van der Waals surface area contributed by atoms with Crippen LogP contribution in [0.4, 0.5) is 114 Å². The van der Waals surface area contributed by atoms with E-state index in [4.69, 9.17) is 9.79 Å². The van der Waals surface area contributed by atoms with E-state index >= 15 is 17.6 Å². The lowest BCUT2D eigenvalue weighted by atomic mass is 9.77. The molecule has 0 aliphatic carbocycles. The van der Waals surface area contributed by atoms with Gasteiger partial charge in [-0.3, -0.25) is 4.52 Å². The first-order chi connectivity index (χ1) is 24.4. The Balaban J connectivity index is 8.29. The Bertz CT molecular complexity index is 1500. The van der Waals surface area contributed by atoms with Crippen molar-refractivity contribution in [2.45, 2.75) is 116 Å². The zero-order chi connectivity index (χ0) is 46.7. The van der Waals surface area contributed by atoms with Crippen LogP contribution in [0.1, 0.15) is 32.6 Å². The molecule has 0 spiro atoms. The molecule has 0 heterocycles. The van der Waals surface area contributed by atoms with E-state index in [-0.39, 0.29) is 6.92 Å². The van der Waals surface area contributed by atoms with Crippen LogP contribution < -0.4 is 0 Å². The van der Waals surface area contributed by atoms with Crippen LogP contribution in [0.15, 0.2) is 12.2 Å². The van der Waals surface area contributed by atoms with Crippen molar-refractivity contribution in [3.05, 3.63) is 12.2 Å². The Hall–Kier alpha value is -2.54. The molecule has 0 fully saturated rings. The lowest BCUT2D eigenvalue weighted by Crippen LogP contribution is -2.80. The number of hydrogen-bond donors (Lipinski definition) is 3. The number of hydrogen-bond acceptors (Lipinski definition) is 5. The average Bonchev–Trinajstić information content (AvgIpc) is 2.98. The maximum absolute atomic E-state index is 15.4. The molecule has 0 aromatic carbocycles. The average molecular weight is 932 g/mol. The lowest BCUT2D eigenvalue weighted by Gasteiger charge is -2.49. The summed E-state index contributed by atoms with van der Waals surface area (Å²) in [5, 5.41) is 10.2. The fourth-order valence-electron chi connectivity index (χ4n) is 3.86. The van der Waals surface area contributed by atoms with Gasteiger partial charge in [-0.2, -0.15) is 114 Å². The van der Waals surface area contributed by atoms with Crippen molar-refractivity contribution in [3.63, 3.8) is 0 Å². The molecule has 2 unspecified atom stereocenters. The summed E-state index contributed by atoms with van der Waals surface area (Å²) in [6, 6.07) is 0. The molecule has 0 amide bonds. The lowest BCUT2D eigenvalue weighted by molar-refractivity contribution is -0.461. The molecule has 0 aromatic heterocycles. The highest BCUT2D eigenvalue weighted by atomic mass is 31.2. The second-order valence-electron chi connectivity index (χ2n) is 11.5. The highest BCUT2D eigenvalue weighted by Crippen LogP contribution is 2.65. The third kappa shape index (κ3) is 9.29. The first-order valence-corrected chi connectivity index (χ1v) is 15.1. The van der Waals surface area contributed by atoms with E-state index in [1.54, 1.807) is 0 Å². The van der Waals surface area contributed by atoms with Crippen LogP contribution in [-0.2, 0) is 18.6 Å². The Morgan fingerprint density at radius 2 is 0.930 bits per heavy atom. The number of rotatable bonds is 20. The van der Waals surface area contributed by atoms with E-state index < -0.39 is 135 Å². The minimum Gasteiger partial charge on any atom is -0.449 e. The third-order valence-corrected chi connectivity index (χ3v) is 7.60. The normalized spacial score (nSPS) is 17.3. The second kappa shape index (κ2) is 15.5. The van der Waals surface area contributed by atoms with Gasteiger partial charge in [-0.05, 0) is 19.8 Å². The molecule has 2 atom stereocenters. The van der Waals surface area contributed by atoms with Gasteiger partial charge >= 0.3 is 85.4 Å². The number of alkyl halides is 26. The van der Waals surface area contributed by atoms with Gasteiger partial charge in [-0.15, -0.1) is 0 Å². The molecular weight excluding hydrogens is 913 g/mol. The van der Waals surface area contributed by atoms with Gasteiger partial charge in [0.1, 0.15) is 0 Å². The number of carbonyl (C=O) groups excluding carboxylic acids is 1. The molecule has 0 saturated heterocycles. The van der Waals surface area contributed by atoms with Crippen molar-refractivity contribution in [3.8, 4) is 0 Å². The number of ether oxygens (including phenoxy) is 1. The summed E-state index contributed by atoms with van der Waals surface area (Å²) in [6.45, 7) is -2.22. The van der Waals surface area contributed by atoms with Crippen molar-refractivity contribution >= 4 is 13.8 Å². The maximum atomic E-state index is 15.4. The number of halogens is 26. The molecule has 340 valence electrons. The fraction of sp³-hybridized carbons (Fsp3) is 0.870. The molecule has 0 bridgehead atoms. The Kier molecular flexibility index (Phi) is 14.8. The standard InChI is InChI=1S/C23H19F26O7P/c1-8(2)9(50)56-10(14(29,30)17(35,36)19(39,40)16(33,34)12(24,25)5-3-4-6-13(26,27)28)11(51,7-55-57(52,53)54)15(31,32)18(37,38)20(41,42)21(43,44)22(45,46)23(47,48)49/h10,51H,1,3-7H2,2H3,(H2,52,53,54). The van der Waals surface area contributed by atoms with Crippen molar-refractivity contribution in [2.75, 3.05) is 6.61 Å². The number of unbranched alkanes of at least 4 members (excludes halogenated alkanes) is 1. The van der Waals surface area contributed by atoms with Gasteiger partial charge in [0.25, 0.3) is 0 Å². The summed E-state index contributed by atoms with van der Waals surface area (Å²) in [7, 11) is -7.17. The molecule has 57 heavy (non-hydrogen) atoms. The summed E-state index contributed by atoms with van der Waals surface area (Å²) in [6.07, 6.45) is -29.5. The van der Waals surface area contributed by atoms with Gasteiger partial charge < -0.3 is 19.6 Å².